The number of carbonyl (C=O) groups excluding carboxylic acids is 1. The van der Waals surface area contributed by atoms with Crippen molar-refractivity contribution in [3.63, 3.8) is 0 Å². The fourth-order valence-corrected chi connectivity index (χ4v) is 3.94. The minimum absolute atomic E-state index is 0.0519. The zero-order valence-corrected chi connectivity index (χ0v) is 13.5. The summed E-state index contributed by atoms with van der Waals surface area (Å²) in [6.07, 6.45) is 0. The van der Waals surface area contributed by atoms with Crippen molar-refractivity contribution >= 4 is 43.1 Å². The first-order valence-corrected chi connectivity index (χ1v) is 8.32. The molecule has 3 aromatic carbocycles. The van der Waals surface area contributed by atoms with E-state index < -0.39 is 0 Å². The van der Waals surface area contributed by atoms with Crippen LogP contribution in [0.2, 0.25) is 0 Å². The Morgan fingerprint density at radius 1 is 0.826 bits per heavy atom. The van der Waals surface area contributed by atoms with E-state index in [9.17, 15) is 4.79 Å². The van der Waals surface area contributed by atoms with Crippen molar-refractivity contribution in [2.24, 2.45) is 0 Å². The van der Waals surface area contributed by atoms with Gasteiger partial charge in [0.2, 0.25) is 5.91 Å². The first kappa shape index (κ1) is 14.0. The van der Waals surface area contributed by atoms with Gasteiger partial charge in [0.15, 0.2) is 0 Å². The van der Waals surface area contributed by atoms with Crippen LogP contribution < -0.4 is 5.32 Å². The van der Waals surface area contributed by atoms with Crippen molar-refractivity contribution in [3.05, 3.63) is 66.7 Å². The van der Waals surface area contributed by atoms with Crippen LogP contribution >= 0.6 is 11.3 Å². The fourth-order valence-electron chi connectivity index (χ4n) is 2.85. The third kappa shape index (κ3) is 2.60. The standard InChI is InChI=1S/C20H15NOS/c1-13(22)21-16-9-6-14(7-10-16)15-8-11-20-18(12-15)17-4-2-3-5-19(17)23-20/h2-12H,1H3,(H,21,22). The average molecular weight is 317 g/mol. The molecule has 4 rings (SSSR count). The van der Waals surface area contributed by atoms with Crippen molar-refractivity contribution in [1.82, 2.24) is 0 Å². The van der Waals surface area contributed by atoms with E-state index in [-0.39, 0.29) is 5.91 Å². The molecular weight excluding hydrogens is 302 g/mol. The number of nitrogens with one attached hydrogen (secondary N) is 1. The van der Waals surface area contributed by atoms with Crippen LogP contribution in [0.4, 0.5) is 5.69 Å². The van der Waals surface area contributed by atoms with Crippen LogP contribution in [0.1, 0.15) is 6.92 Å². The van der Waals surface area contributed by atoms with E-state index in [4.69, 9.17) is 0 Å². The van der Waals surface area contributed by atoms with Crippen molar-refractivity contribution in [2.75, 3.05) is 5.32 Å². The zero-order valence-electron chi connectivity index (χ0n) is 12.7. The van der Waals surface area contributed by atoms with E-state index in [1.165, 1.54) is 32.7 Å². The lowest BCUT2D eigenvalue weighted by Gasteiger charge is -2.05. The Hall–Kier alpha value is -2.65. The number of fused-ring (bicyclic) bond motifs is 3. The third-order valence-corrected chi connectivity index (χ3v) is 5.07. The van der Waals surface area contributed by atoms with E-state index in [0.717, 1.165) is 11.3 Å². The van der Waals surface area contributed by atoms with Gasteiger partial charge < -0.3 is 5.32 Å². The second-order valence-electron chi connectivity index (χ2n) is 5.57. The van der Waals surface area contributed by atoms with Gasteiger partial charge in [-0.15, -0.1) is 11.3 Å². The number of hydrogen-bond donors (Lipinski definition) is 1. The molecule has 0 saturated heterocycles. The summed E-state index contributed by atoms with van der Waals surface area (Å²) in [5, 5.41) is 5.41. The molecule has 0 bridgehead atoms. The third-order valence-electron chi connectivity index (χ3n) is 3.92. The predicted octanol–water partition coefficient (Wildman–Crippen LogP) is 5.68. The normalized spacial score (nSPS) is 11.0. The maximum absolute atomic E-state index is 11.1. The zero-order chi connectivity index (χ0) is 15.8. The van der Waals surface area contributed by atoms with Crippen LogP contribution in [0.5, 0.6) is 0 Å². The van der Waals surface area contributed by atoms with Crippen LogP contribution in [-0.4, -0.2) is 5.91 Å². The molecule has 2 nitrogen and oxygen atoms in total. The molecule has 1 aromatic heterocycles. The van der Waals surface area contributed by atoms with Crippen LogP contribution in [0.3, 0.4) is 0 Å². The second-order valence-corrected chi connectivity index (χ2v) is 6.65. The van der Waals surface area contributed by atoms with Gasteiger partial charge in [-0.25, -0.2) is 0 Å². The first-order chi connectivity index (χ1) is 11.2. The molecule has 4 aromatic rings. The summed E-state index contributed by atoms with van der Waals surface area (Å²) in [5.41, 5.74) is 3.16. The summed E-state index contributed by atoms with van der Waals surface area (Å²) in [5.74, 6) is -0.0519. The lowest BCUT2D eigenvalue weighted by molar-refractivity contribution is -0.114. The number of thiophene rings is 1. The maximum atomic E-state index is 11.1. The van der Waals surface area contributed by atoms with Gasteiger partial charge in [-0.05, 0) is 41.5 Å². The maximum Gasteiger partial charge on any atom is 0.221 e. The summed E-state index contributed by atoms with van der Waals surface area (Å²) in [4.78, 5) is 11.1. The SMILES string of the molecule is CC(=O)Nc1ccc(-c2ccc3sc4ccccc4c3c2)cc1. The van der Waals surface area contributed by atoms with Crippen molar-refractivity contribution in [2.45, 2.75) is 6.92 Å². The van der Waals surface area contributed by atoms with Crippen LogP contribution in [-0.2, 0) is 4.79 Å². The molecule has 0 spiro atoms. The topological polar surface area (TPSA) is 29.1 Å². The number of rotatable bonds is 2. The number of anilines is 1. The van der Waals surface area contributed by atoms with Gasteiger partial charge in [0.25, 0.3) is 0 Å². The van der Waals surface area contributed by atoms with E-state index in [1.54, 1.807) is 0 Å². The van der Waals surface area contributed by atoms with Crippen LogP contribution in [0, 0.1) is 0 Å². The van der Waals surface area contributed by atoms with Crippen LogP contribution in [0.15, 0.2) is 66.7 Å². The Balaban J connectivity index is 1.79. The monoisotopic (exact) mass is 317 g/mol. The summed E-state index contributed by atoms with van der Waals surface area (Å²) >= 11 is 1.83. The molecule has 0 aliphatic carbocycles. The van der Waals surface area contributed by atoms with E-state index in [2.05, 4.69) is 47.8 Å². The van der Waals surface area contributed by atoms with Gasteiger partial charge in [0, 0.05) is 32.8 Å². The Morgan fingerprint density at radius 2 is 1.52 bits per heavy atom. The Labute approximate surface area is 138 Å². The highest BCUT2D eigenvalue weighted by molar-refractivity contribution is 7.25. The van der Waals surface area contributed by atoms with E-state index >= 15 is 0 Å². The van der Waals surface area contributed by atoms with Gasteiger partial charge in [0.05, 0.1) is 0 Å². The predicted molar refractivity (Wildman–Crippen MR) is 99.1 cm³/mol. The lowest BCUT2D eigenvalue weighted by Crippen LogP contribution is -2.05. The molecule has 0 fully saturated rings. The average Bonchev–Trinajstić information content (AvgIpc) is 2.93. The quantitative estimate of drug-likeness (QED) is 0.506. The van der Waals surface area contributed by atoms with Crippen LogP contribution in [0.25, 0.3) is 31.3 Å². The number of hydrogen-bond acceptors (Lipinski definition) is 2. The highest BCUT2D eigenvalue weighted by Crippen LogP contribution is 2.36. The second kappa shape index (κ2) is 5.52. The van der Waals surface area contributed by atoms with Gasteiger partial charge in [0.1, 0.15) is 0 Å². The van der Waals surface area contributed by atoms with E-state index in [1.807, 2.05) is 35.6 Å². The van der Waals surface area contributed by atoms with Crippen molar-refractivity contribution < 1.29 is 4.79 Å². The number of benzene rings is 3. The minimum atomic E-state index is -0.0519. The fraction of sp³-hybridized carbons (Fsp3) is 0.0500. The van der Waals surface area contributed by atoms with Gasteiger partial charge >= 0.3 is 0 Å². The smallest absolute Gasteiger partial charge is 0.221 e. The highest BCUT2D eigenvalue weighted by atomic mass is 32.1. The summed E-state index contributed by atoms with van der Waals surface area (Å²) < 4.78 is 2.63. The van der Waals surface area contributed by atoms with Gasteiger partial charge in [-0.1, -0.05) is 36.4 Å². The molecule has 0 saturated carbocycles. The molecule has 0 aliphatic heterocycles. The molecule has 0 radical (unpaired) electrons. The summed E-state index contributed by atoms with van der Waals surface area (Å²) in [7, 11) is 0. The number of amides is 1. The van der Waals surface area contributed by atoms with Crippen molar-refractivity contribution in [1.29, 1.82) is 0 Å². The Bertz CT molecular complexity index is 1010. The first-order valence-electron chi connectivity index (χ1n) is 7.50. The molecule has 1 N–H and O–H groups in total. The Morgan fingerprint density at radius 3 is 2.30 bits per heavy atom. The molecule has 112 valence electrons. The molecule has 3 heteroatoms. The highest BCUT2D eigenvalue weighted by Gasteiger charge is 2.06. The largest absolute Gasteiger partial charge is 0.326 e. The Kier molecular flexibility index (Phi) is 3.36. The molecule has 0 unspecified atom stereocenters. The minimum Gasteiger partial charge on any atom is -0.326 e. The summed E-state index contributed by atoms with van der Waals surface area (Å²) in [6, 6.07) is 23.1. The molecule has 0 atom stereocenters. The molecule has 1 amide bonds. The lowest BCUT2D eigenvalue weighted by atomic mass is 10.0. The van der Waals surface area contributed by atoms with Gasteiger partial charge in [-0.2, -0.15) is 0 Å². The number of carbonyl (C=O) groups is 1. The van der Waals surface area contributed by atoms with Crippen molar-refractivity contribution in [3.8, 4) is 11.1 Å². The molecule has 1 heterocycles. The molecule has 0 aliphatic rings. The molecular formula is C20H15NOS. The molecule has 23 heavy (non-hydrogen) atoms. The summed E-state index contributed by atoms with van der Waals surface area (Å²) in [6.45, 7) is 1.52. The van der Waals surface area contributed by atoms with E-state index in [0.29, 0.717) is 0 Å². The van der Waals surface area contributed by atoms with Gasteiger partial charge in [-0.3, -0.25) is 4.79 Å².